The SMILES string of the molecule is O=C1CCC(=O)[C@H]2CNC[C]12. The predicted molar refractivity (Wildman–Crippen MR) is 38.9 cm³/mol. The van der Waals surface area contributed by atoms with Crippen LogP contribution in [0.4, 0.5) is 0 Å². The van der Waals surface area contributed by atoms with E-state index in [-0.39, 0.29) is 17.5 Å². The molecule has 2 fully saturated rings. The second kappa shape index (κ2) is 2.41. The maximum atomic E-state index is 11.2. The summed E-state index contributed by atoms with van der Waals surface area (Å²) >= 11 is 0. The molecule has 1 saturated carbocycles. The summed E-state index contributed by atoms with van der Waals surface area (Å²) in [4.78, 5) is 22.4. The van der Waals surface area contributed by atoms with Gasteiger partial charge in [-0.3, -0.25) is 9.59 Å². The normalized spacial score (nSPS) is 32.5. The fourth-order valence-electron chi connectivity index (χ4n) is 1.77. The van der Waals surface area contributed by atoms with Gasteiger partial charge in [-0.05, 0) is 0 Å². The zero-order chi connectivity index (χ0) is 7.84. The van der Waals surface area contributed by atoms with Crippen LogP contribution < -0.4 is 5.32 Å². The lowest BCUT2D eigenvalue weighted by Crippen LogP contribution is -2.32. The molecule has 0 amide bonds. The van der Waals surface area contributed by atoms with Gasteiger partial charge in [0.15, 0.2) is 0 Å². The van der Waals surface area contributed by atoms with Gasteiger partial charge in [-0.25, -0.2) is 0 Å². The van der Waals surface area contributed by atoms with Gasteiger partial charge < -0.3 is 5.32 Å². The average Bonchev–Trinajstić information content (AvgIpc) is 2.45. The molecule has 59 valence electrons. The molecule has 1 heterocycles. The Morgan fingerprint density at radius 2 is 2.09 bits per heavy atom. The Bertz CT molecular complexity index is 190. The number of fused-ring (bicyclic) bond motifs is 1. The molecule has 1 saturated heterocycles. The molecule has 2 aliphatic rings. The fraction of sp³-hybridized carbons (Fsp3) is 0.625. The topological polar surface area (TPSA) is 46.2 Å². The van der Waals surface area contributed by atoms with Gasteiger partial charge >= 0.3 is 0 Å². The van der Waals surface area contributed by atoms with Gasteiger partial charge in [0.25, 0.3) is 0 Å². The number of hydrogen-bond acceptors (Lipinski definition) is 3. The van der Waals surface area contributed by atoms with E-state index in [0.29, 0.717) is 25.9 Å². The van der Waals surface area contributed by atoms with Gasteiger partial charge in [0.2, 0.25) is 0 Å². The van der Waals surface area contributed by atoms with Gasteiger partial charge in [0.1, 0.15) is 11.6 Å². The van der Waals surface area contributed by atoms with E-state index in [4.69, 9.17) is 0 Å². The highest BCUT2D eigenvalue weighted by Crippen LogP contribution is 2.28. The molecule has 1 atom stereocenters. The van der Waals surface area contributed by atoms with Crippen molar-refractivity contribution < 1.29 is 9.59 Å². The molecule has 0 bridgehead atoms. The lowest BCUT2D eigenvalue weighted by Gasteiger charge is -2.20. The lowest BCUT2D eigenvalue weighted by molar-refractivity contribution is -0.129. The number of nitrogens with one attached hydrogen (secondary N) is 1. The number of Topliss-reactive ketones (excluding diaryl/α,β-unsaturated/α-hetero) is 2. The molecule has 0 aromatic heterocycles. The van der Waals surface area contributed by atoms with E-state index >= 15 is 0 Å². The number of carbonyl (C=O) groups excluding carboxylic acids is 2. The molecule has 0 aromatic carbocycles. The Morgan fingerprint density at radius 1 is 1.27 bits per heavy atom. The molecular weight excluding hydrogens is 142 g/mol. The van der Waals surface area contributed by atoms with E-state index in [0.717, 1.165) is 5.92 Å². The van der Waals surface area contributed by atoms with Gasteiger partial charge in [-0.1, -0.05) is 0 Å². The molecule has 1 aliphatic heterocycles. The fourth-order valence-corrected chi connectivity index (χ4v) is 1.77. The van der Waals surface area contributed by atoms with Crippen molar-refractivity contribution in [3.63, 3.8) is 0 Å². The highest BCUT2D eigenvalue weighted by atomic mass is 16.1. The van der Waals surface area contributed by atoms with Crippen molar-refractivity contribution in [1.29, 1.82) is 0 Å². The molecule has 0 unspecified atom stereocenters. The molecule has 1 aliphatic carbocycles. The third kappa shape index (κ3) is 0.997. The van der Waals surface area contributed by atoms with Crippen molar-refractivity contribution in [2.24, 2.45) is 5.92 Å². The first-order valence-electron chi connectivity index (χ1n) is 3.91. The van der Waals surface area contributed by atoms with E-state index in [2.05, 4.69) is 5.32 Å². The van der Waals surface area contributed by atoms with Gasteiger partial charge in [-0.15, -0.1) is 0 Å². The summed E-state index contributed by atoms with van der Waals surface area (Å²) in [5.41, 5.74) is 0. The van der Waals surface area contributed by atoms with Gasteiger partial charge in [0.05, 0.1) is 5.92 Å². The quantitative estimate of drug-likeness (QED) is 0.519. The minimum Gasteiger partial charge on any atom is -0.315 e. The standard InChI is InChI=1S/C8H10NO2/c10-7-1-2-8(11)6-4-9-3-5(6)7/h5,9H,1-4H2/t5-/m0/s1. The van der Waals surface area contributed by atoms with Crippen molar-refractivity contribution in [3.05, 3.63) is 5.92 Å². The maximum absolute atomic E-state index is 11.2. The first-order chi connectivity index (χ1) is 5.29. The predicted octanol–water partition coefficient (Wildman–Crippen LogP) is -0.288. The minimum absolute atomic E-state index is 0.0729. The van der Waals surface area contributed by atoms with Crippen molar-refractivity contribution in [2.45, 2.75) is 12.8 Å². The number of carbonyl (C=O) groups is 2. The van der Waals surface area contributed by atoms with Crippen LogP contribution in [-0.2, 0) is 9.59 Å². The molecule has 3 nitrogen and oxygen atoms in total. The van der Waals surface area contributed by atoms with Crippen LogP contribution >= 0.6 is 0 Å². The van der Waals surface area contributed by atoms with Gasteiger partial charge in [0, 0.05) is 31.8 Å². The summed E-state index contributed by atoms with van der Waals surface area (Å²) in [5, 5.41) is 3.05. The van der Waals surface area contributed by atoms with E-state index in [1.807, 2.05) is 0 Å². The molecule has 1 radical (unpaired) electrons. The summed E-state index contributed by atoms with van der Waals surface area (Å²) < 4.78 is 0. The van der Waals surface area contributed by atoms with Crippen LogP contribution in [0.3, 0.4) is 0 Å². The highest BCUT2D eigenvalue weighted by Gasteiger charge is 2.41. The molecule has 11 heavy (non-hydrogen) atoms. The van der Waals surface area contributed by atoms with Crippen molar-refractivity contribution in [3.8, 4) is 0 Å². The van der Waals surface area contributed by atoms with Crippen molar-refractivity contribution >= 4 is 11.6 Å². The molecule has 2 rings (SSSR count). The monoisotopic (exact) mass is 152 g/mol. The maximum Gasteiger partial charge on any atom is 0.142 e. The first kappa shape index (κ1) is 6.98. The van der Waals surface area contributed by atoms with Crippen LogP contribution in [0.1, 0.15) is 12.8 Å². The van der Waals surface area contributed by atoms with Crippen molar-refractivity contribution in [1.82, 2.24) is 5.32 Å². The molecular formula is C8H10NO2. The smallest absolute Gasteiger partial charge is 0.142 e. The first-order valence-corrected chi connectivity index (χ1v) is 3.91. The molecule has 1 N–H and O–H groups in total. The third-order valence-corrected chi connectivity index (χ3v) is 2.43. The summed E-state index contributed by atoms with van der Waals surface area (Å²) in [7, 11) is 0. The van der Waals surface area contributed by atoms with Crippen LogP contribution in [0.15, 0.2) is 0 Å². The molecule has 0 spiro atoms. The summed E-state index contributed by atoms with van der Waals surface area (Å²) in [6, 6.07) is 0. The number of rotatable bonds is 0. The van der Waals surface area contributed by atoms with Crippen molar-refractivity contribution in [2.75, 3.05) is 13.1 Å². The largest absolute Gasteiger partial charge is 0.315 e. The Morgan fingerprint density at radius 3 is 2.82 bits per heavy atom. The average molecular weight is 152 g/mol. The Balaban J connectivity index is 2.20. The van der Waals surface area contributed by atoms with E-state index < -0.39 is 0 Å². The summed E-state index contributed by atoms with van der Waals surface area (Å²) in [6.45, 7) is 1.31. The Hall–Kier alpha value is -0.700. The third-order valence-electron chi connectivity index (χ3n) is 2.43. The number of ketones is 2. The molecule has 0 aromatic rings. The van der Waals surface area contributed by atoms with E-state index in [1.165, 1.54) is 0 Å². The van der Waals surface area contributed by atoms with Crippen LogP contribution in [0.25, 0.3) is 0 Å². The Labute approximate surface area is 65.2 Å². The highest BCUT2D eigenvalue weighted by molar-refractivity contribution is 6.05. The van der Waals surface area contributed by atoms with E-state index in [1.54, 1.807) is 0 Å². The van der Waals surface area contributed by atoms with Crippen LogP contribution in [0.5, 0.6) is 0 Å². The molecule has 3 heteroatoms. The summed E-state index contributed by atoms with van der Waals surface area (Å²) in [6.07, 6.45) is 0.890. The number of hydrogen-bond donors (Lipinski definition) is 1. The lowest BCUT2D eigenvalue weighted by atomic mass is 9.80. The minimum atomic E-state index is -0.0729. The van der Waals surface area contributed by atoms with Gasteiger partial charge in [-0.2, -0.15) is 0 Å². The zero-order valence-corrected chi connectivity index (χ0v) is 6.22. The second-order valence-electron chi connectivity index (χ2n) is 3.10. The van der Waals surface area contributed by atoms with E-state index in [9.17, 15) is 9.59 Å². The van der Waals surface area contributed by atoms with Crippen LogP contribution in [0.2, 0.25) is 0 Å². The Kier molecular flexibility index (Phi) is 1.53. The van der Waals surface area contributed by atoms with Crippen LogP contribution in [-0.4, -0.2) is 24.7 Å². The van der Waals surface area contributed by atoms with Crippen LogP contribution in [0, 0.1) is 11.8 Å². The zero-order valence-electron chi connectivity index (χ0n) is 6.22. The second-order valence-corrected chi connectivity index (χ2v) is 3.10. The summed E-state index contributed by atoms with van der Waals surface area (Å²) in [5.74, 6) is 1.18.